The van der Waals surface area contributed by atoms with Gasteiger partial charge in [0.1, 0.15) is 11.3 Å². The van der Waals surface area contributed by atoms with E-state index < -0.39 is 0 Å². The smallest absolute Gasteiger partial charge is 0.206 e. The lowest BCUT2D eigenvalue weighted by molar-refractivity contribution is 0.104. The summed E-state index contributed by atoms with van der Waals surface area (Å²) in [5, 5.41) is 13.0. The molecule has 0 saturated heterocycles. The highest BCUT2D eigenvalue weighted by Gasteiger charge is 2.21. The molecule has 4 heteroatoms. The average Bonchev–Trinajstić information content (AvgIpc) is 3.11. The van der Waals surface area contributed by atoms with Crippen LogP contribution in [-0.4, -0.2) is 10.9 Å². The van der Waals surface area contributed by atoms with E-state index in [-0.39, 0.29) is 11.5 Å². The second-order valence-electron chi connectivity index (χ2n) is 5.11. The van der Waals surface area contributed by atoms with Gasteiger partial charge in [-0.25, -0.2) is 0 Å². The summed E-state index contributed by atoms with van der Waals surface area (Å²) in [4.78, 5) is 13.3. The Morgan fingerprint density at radius 3 is 2.90 bits per heavy atom. The Kier molecular flexibility index (Phi) is 3.55. The number of hydrogen-bond donors (Lipinski definition) is 1. The highest BCUT2D eigenvalue weighted by molar-refractivity contribution is 7.12. The molecular formula is C17H16O3S. The molecule has 2 heterocycles. The van der Waals surface area contributed by atoms with E-state index in [0.29, 0.717) is 21.4 Å². The van der Waals surface area contributed by atoms with Crippen molar-refractivity contribution in [3.8, 4) is 5.75 Å². The van der Waals surface area contributed by atoms with Crippen LogP contribution in [0.1, 0.15) is 39.7 Å². The number of furan rings is 1. The first-order valence-electron chi connectivity index (χ1n) is 6.94. The molecular weight excluding hydrogens is 284 g/mol. The summed E-state index contributed by atoms with van der Waals surface area (Å²) >= 11 is 1.41. The molecule has 0 unspecified atom stereocenters. The number of ketones is 1. The molecule has 0 aliphatic carbocycles. The van der Waals surface area contributed by atoms with Gasteiger partial charge in [-0.3, -0.25) is 4.79 Å². The van der Waals surface area contributed by atoms with Crippen molar-refractivity contribution in [2.75, 3.05) is 0 Å². The van der Waals surface area contributed by atoms with Gasteiger partial charge in [-0.1, -0.05) is 19.4 Å². The van der Waals surface area contributed by atoms with Crippen LogP contribution in [0.2, 0.25) is 0 Å². The lowest BCUT2D eigenvalue weighted by Crippen LogP contribution is -2.01. The van der Waals surface area contributed by atoms with Crippen LogP contribution in [-0.2, 0) is 6.42 Å². The van der Waals surface area contributed by atoms with Crippen molar-refractivity contribution in [1.82, 2.24) is 0 Å². The highest BCUT2D eigenvalue weighted by Crippen LogP contribution is 2.37. The molecule has 0 saturated carbocycles. The SMILES string of the molecule is CCCc1cc(C(=O)c2cccs2)c2occ(C)c2c1O. The number of carbonyl (C=O) groups is 1. The zero-order valence-corrected chi connectivity index (χ0v) is 12.8. The Labute approximate surface area is 126 Å². The van der Waals surface area contributed by atoms with E-state index in [2.05, 4.69) is 0 Å². The van der Waals surface area contributed by atoms with Gasteiger partial charge in [-0.05, 0) is 42.0 Å². The molecule has 0 aliphatic rings. The lowest BCUT2D eigenvalue weighted by Gasteiger charge is -2.08. The van der Waals surface area contributed by atoms with Crippen molar-refractivity contribution in [2.24, 2.45) is 0 Å². The molecule has 3 rings (SSSR count). The van der Waals surface area contributed by atoms with E-state index in [4.69, 9.17) is 4.42 Å². The number of aryl methyl sites for hydroxylation is 2. The summed E-state index contributed by atoms with van der Waals surface area (Å²) in [6, 6.07) is 5.43. The Morgan fingerprint density at radius 2 is 2.24 bits per heavy atom. The molecule has 0 aliphatic heterocycles. The molecule has 0 spiro atoms. The first-order valence-corrected chi connectivity index (χ1v) is 7.82. The van der Waals surface area contributed by atoms with Crippen molar-refractivity contribution < 1.29 is 14.3 Å². The van der Waals surface area contributed by atoms with Crippen LogP contribution in [0.15, 0.2) is 34.3 Å². The van der Waals surface area contributed by atoms with Gasteiger partial charge in [0.2, 0.25) is 5.78 Å². The number of carbonyl (C=O) groups excluding carboxylic acids is 1. The topological polar surface area (TPSA) is 50.4 Å². The highest BCUT2D eigenvalue weighted by atomic mass is 32.1. The molecule has 0 fully saturated rings. The van der Waals surface area contributed by atoms with Crippen molar-refractivity contribution >= 4 is 28.1 Å². The van der Waals surface area contributed by atoms with Crippen molar-refractivity contribution in [3.63, 3.8) is 0 Å². The summed E-state index contributed by atoms with van der Waals surface area (Å²) < 4.78 is 5.54. The zero-order valence-electron chi connectivity index (χ0n) is 12.0. The first kappa shape index (κ1) is 13.9. The van der Waals surface area contributed by atoms with Gasteiger partial charge >= 0.3 is 0 Å². The maximum absolute atomic E-state index is 12.7. The van der Waals surface area contributed by atoms with Crippen molar-refractivity contribution in [2.45, 2.75) is 26.7 Å². The Bertz CT molecular complexity index is 797. The number of phenols is 1. The Morgan fingerprint density at radius 1 is 1.43 bits per heavy atom. The molecule has 108 valence electrons. The van der Waals surface area contributed by atoms with Gasteiger partial charge in [-0.15, -0.1) is 11.3 Å². The van der Waals surface area contributed by atoms with Gasteiger partial charge in [-0.2, -0.15) is 0 Å². The van der Waals surface area contributed by atoms with Gasteiger partial charge in [0, 0.05) is 0 Å². The summed E-state index contributed by atoms with van der Waals surface area (Å²) in [5.74, 6) is 0.183. The minimum Gasteiger partial charge on any atom is -0.507 e. The van der Waals surface area contributed by atoms with Crippen LogP contribution in [0, 0.1) is 6.92 Å². The Balaban J connectivity index is 2.26. The normalized spacial score (nSPS) is 11.1. The summed E-state index contributed by atoms with van der Waals surface area (Å²) in [7, 11) is 0. The predicted octanol–water partition coefficient (Wildman–Crippen LogP) is 4.69. The minimum absolute atomic E-state index is 0.0540. The fourth-order valence-corrected chi connectivity index (χ4v) is 3.25. The second kappa shape index (κ2) is 5.37. The van der Waals surface area contributed by atoms with Crippen LogP contribution >= 0.6 is 11.3 Å². The van der Waals surface area contributed by atoms with Gasteiger partial charge in [0.05, 0.1) is 22.1 Å². The number of thiophene rings is 1. The quantitative estimate of drug-likeness (QED) is 0.711. The van der Waals surface area contributed by atoms with E-state index in [1.807, 2.05) is 25.3 Å². The average molecular weight is 300 g/mol. The number of aromatic hydroxyl groups is 1. The molecule has 0 radical (unpaired) electrons. The molecule has 0 bridgehead atoms. The van der Waals surface area contributed by atoms with E-state index >= 15 is 0 Å². The number of fused-ring (bicyclic) bond motifs is 1. The fourth-order valence-electron chi connectivity index (χ4n) is 2.57. The minimum atomic E-state index is -0.0540. The van der Waals surface area contributed by atoms with E-state index in [1.54, 1.807) is 18.4 Å². The first-order chi connectivity index (χ1) is 10.1. The predicted molar refractivity (Wildman–Crippen MR) is 84.4 cm³/mol. The number of phenolic OH excluding ortho intramolecular Hbond substituents is 1. The molecule has 0 atom stereocenters. The van der Waals surface area contributed by atoms with E-state index in [9.17, 15) is 9.90 Å². The van der Waals surface area contributed by atoms with Crippen LogP contribution < -0.4 is 0 Å². The van der Waals surface area contributed by atoms with Crippen LogP contribution in [0.3, 0.4) is 0 Å². The lowest BCUT2D eigenvalue weighted by atomic mass is 9.98. The largest absolute Gasteiger partial charge is 0.507 e. The molecule has 3 nitrogen and oxygen atoms in total. The number of rotatable bonds is 4. The zero-order chi connectivity index (χ0) is 15.0. The molecule has 1 aromatic carbocycles. The van der Waals surface area contributed by atoms with Crippen LogP contribution in [0.5, 0.6) is 5.75 Å². The van der Waals surface area contributed by atoms with Crippen molar-refractivity contribution in [1.29, 1.82) is 0 Å². The third-order valence-corrected chi connectivity index (χ3v) is 4.46. The fraction of sp³-hybridized carbons (Fsp3) is 0.235. The summed E-state index contributed by atoms with van der Waals surface area (Å²) in [6.07, 6.45) is 3.23. The number of hydrogen-bond acceptors (Lipinski definition) is 4. The standard InChI is InChI=1S/C17H16O3S/c1-3-5-11-8-12(16(19)13-6-4-7-21-13)17-14(15(11)18)10(2)9-20-17/h4,6-9,18H,3,5H2,1-2H3. The molecule has 0 amide bonds. The van der Waals surface area contributed by atoms with Gasteiger partial charge in [0.25, 0.3) is 0 Å². The molecule has 2 aromatic heterocycles. The summed E-state index contributed by atoms with van der Waals surface area (Å²) in [5.41, 5.74) is 2.65. The van der Waals surface area contributed by atoms with Crippen molar-refractivity contribution in [3.05, 3.63) is 51.4 Å². The monoisotopic (exact) mass is 300 g/mol. The maximum Gasteiger partial charge on any atom is 0.206 e. The molecule has 3 aromatic rings. The van der Waals surface area contributed by atoms with Gasteiger partial charge < -0.3 is 9.52 Å². The van der Waals surface area contributed by atoms with Gasteiger partial charge in [0.15, 0.2) is 0 Å². The third-order valence-electron chi connectivity index (χ3n) is 3.59. The van der Waals surface area contributed by atoms with E-state index in [1.165, 1.54) is 11.3 Å². The molecule has 1 N–H and O–H groups in total. The second-order valence-corrected chi connectivity index (χ2v) is 6.06. The van der Waals surface area contributed by atoms with E-state index in [0.717, 1.165) is 24.0 Å². The molecule has 21 heavy (non-hydrogen) atoms. The maximum atomic E-state index is 12.7. The summed E-state index contributed by atoms with van der Waals surface area (Å²) in [6.45, 7) is 3.92. The Hall–Kier alpha value is -2.07. The third kappa shape index (κ3) is 2.25. The number of benzene rings is 1. The van der Waals surface area contributed by atoms with Crippen LogP contribution in [0.4, 0.5) is 0 Å². The van der Waals surface area contributed by atoms with Crippen LogP contribution in [0.25, 0.3) is 11.0 Å².